The van der Waals surface area contributed by atoms with Crippen LogP contribution in [-0.2, 0) is 0 Å². The SMILES string of the molecule is COc1cc(Nc2ncc(N)s2)cc(OC)c1. The van der Waals surface area contributed by atoms with Crippen LogP contribution in [0.15, 0.2) is 24.4 Å². The summed E-state index contributed by atoms with van der Waals surface area (Å²) in [5.41, 5.74) is 6.45. The maximum Gasteiger partial charge on any atom is 0.189 e. The highest BCUT2D eigenvalue weighted by atomic mass is 32.1. The minimum Gasteiger partial charge on any atom is -0.497 e. The van der Waals surface area contributed by atoms with E-state index in [1.807, 2.05) is 12.1 Å². The third-order valence-corrected chi connectivity index (χ3v) is 2.87. The summed E-state index contributed by atoms with van der Waals surface area (Å²) in [5.74, 6) is 1.44. The summed E-state index contributed by atoms with van der Waals surface area (Å²) in [7, 11) is 3.22. The Kier molecular flexibility index (Phi) is 3.34. The van der Waals surface area contributed by atoms with Crippen LogP contribution < -0.4 is 20.5 Å². The van der Waals surface area contributed by atoms with E-state index in [2.05, 4.69) is 10.3 Å². The molecule has 0 aliphatic heterocycles. The minimum atomic E-state index is 0.669. The largest absolute Gasteiger partial charge is 0.497 e. The van der Waals surface area contributed by atoms with E-state index in [9.17, 15) is 0 Å². The first-order valence-electron chi connectivity index (χ1n) is 4.92. The van der Waals surface area contributed by atoms with Gasteiger partial charge in [-0.1, -0.05) is 11.3 Å². The van der Waals surface area contributed by atoms with Crippen LogP contribution in [0.4, 0.5) is 15.8 Å². The molecule has 17 heavy (non-hydrogen) atoms. The van der Waals surface area contributed by atoms with Crippen molar-refractivity contribution in [2.24, 2.45) is 0 Å². The number of thiazole rings is 1. The first-order valence-corrected chi connectivity index (χ1v) is 5.74. The van der Waals surface area contributed by atoms with Crippen molar-refractivity contribution >= 4 is 27.2 Å². The summed E-state index contributed by atoms with van der Waals surface area (Å²) in [5, 5.41) is 4.54. The van der Waals surface area contributed by atoms with Crippen molar-refractivity contribution < 1.29 is 9.47 Å². The molecule has 3 N–H and O–H groups in total. The highest BCUT2D eigenvalue weighted by Crippen LogP contribution is 2.29. The Balaban J connectivity index is 2.25. The summed E-state index contributed by atoms with van der Waals surface area (Å²) in [4.78, 5) is 4.12. The highest BCUT2D eigenvalue weighted by Gasteiger charge is 2.04. The topological polar surface area (TPSA) is 69.4 Å². The molecule has 1 heterocycles. The number of methoxy groups -OCH3 is 2. The Hall–Kier alpha value is -1.95. The third-order valence-electron chi connectivity index (χ3n) is 2.13. The summed E-state index contributed by atoms with van der Waals surface area (Å²) < 4.78 is 10.4. The fraction of sp³-hybridized carbons (Fsp3) is 0.182. The number of anilines is 3. The molecular formula is C11H13N3O2S. The van der Waals surface area contributed by atoms with Gasteiger partial charge < -0.3 is 20.5 Å². The van der Waals surface area contributed by atoms with E-state index in [4.69, 9.17) is 15.2 Å². The van der Waals surface area contributed by atoms with Crippen LogP contribution in [0.3, 0.4) is 0 Å². The van der Waals surface area contributed by atoms with Gasteiger partial charge in [0.1, 0.15) is 16.5 Å². The van der Waals surface area contributed by atoms with Crippen LogP contribution in [0, 0.1) is 0 Å². The average molecular weight is 251 g/mol. The molecule has 0 saturated heterocycles. The molecule has 5 nitrogen and oxygen atoms in total. The zero-order valence-electron chi connectivity index (χ0n) is 9.56. The predicted octanol–water partition coefficient (Wildman–Crippen LogP) is 2.49. The van der Waals surface area contributed by atoms with Gasteiger partial charge in [-0.2, -0.15) is 0 Å². The van der Waals surface area contributed by atoms with Gasteiger partial charge in [0, 0.05) is 23.9 Å². The molecule has 0 unspecified atom stereocenters. The lowest BCUT2D eigenvalue weighted by atomic mass is 10.3. The van der Waals surface area contributed by atoms with Gasteiger partial charge in [-0.15, -0.1) is 0 Å². The lowest BCUT2D eigenvalue weighted by molar-refractivity contribution is 0.395. The zero-order valence-corrected chi connectivity index (χ0v) is 10.4. The highest BCUT2D eigenvalue weighted by molar-refractivity contribution is 7.19. The Morgan fingerprint density at radius 1 is 1.18 bits per heavy atom. The van der Waals surface area contributed by atoms with Crippen LogP contribution in [0.1, 0.15) is 0 Å². The second-order valence-electron chi connectivity index (χ2n) is 3.29. The van der Waals surface area contributed by atoms with E-state index in [1.54, 1.807) is 26.5 Å². The van der Waals surface area contributed by atoms with Crippen LogP contribution in [-0.4, -0.2) is 19.2 Å². The van der Waals surface area contributed by atoms with Crippen molar-refractivity contribution in [1.82, 2.24) is 4.98 Å². The lowest BCUT2D eigenvalue weighted by Gasteiger charge is -2.08. The Morgan fingerprint density at radius 2 is 1.82 bits per heavy atom. The summed E-state index contributed by atoms with van der Waals surface area (Å²) in [6.45, 7) is 0. The van der Waals surface area contributed by atoms with Gasteiger partial charge in [-0.25, -0.2) is 4.98 Å². The average Bonchev–Trinajstić information content (AvgIpc) is 2.74. The molecule has 0 fully saturated rings. The fourth-order valence-electron chi connectivity index (χ4n) is 1.35. The van der Waals surface area contributed by atoms with Crippen LogP contribution in [0.25, 0.3) is 0 Å². The molecule has 1 aromatic carbocycles. The standard InChI is InChI=1S/C11H13N3O2S/c1-15-8-3-7(4-9(5-8)16-2)14-11-13-6-10(12)17-11/h3-6H,12H2,1-2H3,(H,13,14). The molecule has 0 radical (unpaired) electrons. The molecule has 90 valence electrons. The van der Waals surface area contributed by atoms with Gasteiger partial charge in [0.2, 0.25) is 0 Å². The number of hydrogen-bond donors (Lipinski definition) is 2. The van der Waals surface area contributed by atoms with Crippen LogP contribution >= 0.6 is 11.3 Å². The van der Waals surface area contributed by atoms with Gasteiger partial charge in [-0.05, 0) is 0 Å². The number of nitrogen functional groups attached to an aromatic ring is 1. The van der Waals surface area contributed by atoms with E-state index in [0.29, 0.717) is 5.00 Å². The smallest absolute Gasteiger partial charge is 0.189 e. The summed E-state index contributed by atoms with van der Waals surface area (Å²) >= 11 is 1.38. The predicted molar refractivity (Wildman–Crippen MR) is 69.4 cm³/mol. The van der Waals surface area contributed by atoms with Gasteiger partial charge in [0.15, 0.2) is 5.13 Å². The normalized spacial score (nSPS) is 10.0. The fourth-order valence-corrected chi connectivity index (χ4v) is 1.95. The second-order valence-corrected chi connectivity index (χ2v) is 4.36. The number of rotatable bonds is 4. The molecular weight excluding hydrogens is 238 g/mol. The van der Waals surface area contributed by atoms with Crippen LogP contribution in [0.5, 0.6) is 11.5 Å². The molecule has 2 aromatic rings. The Bertz CT molecular complexity index is 491. The van der Waals surface area contributed by atoms with E-state index >= 15 is 0 Å². The Morgan fingerprint density at radius 3 is 2.29 bits per heavy atom. The van der Waals surface area contributed by atoms with Crippen molar-refractivity contribution in [3.8, 4) is 11.5 Å². The second kappa shape index (κ2) is 4.92. The van der Waals surface area contributed by atoms with Gasteiger partial charge in [-0.3, -0.25) is 0 Å². The van der Waals surface area contributed by atoms with Crippen molar-refractivity contribution in [2.45, 2.75) is 0 Å². The van der Waals surface area contributed by atoms with Crippen LogP contribution in [0.2, 0.25) is 0 Å². The molecule has 6 heteroatoms. The number of benzene rings is 1. The number of ether oxygens (including phenoxy) is 2. The quantitative estimate of drug-likeness (QED) is 0.873. The molecule has 0 saturated carbocycles. The molecule has 0 aliphatic carbocycles. The number of nitrogens with zero attached hydrogens (tertiary/aromatic N) is 1. The Labute approximate surface area is 103 Å². The third kappa shape index (κ3) is 2.79. The molecule has 2 rings (SSSR count). The monoisotopic (exact) mass is 251 g/mol. The van der Waals surface area contributed by atoms with Crippen molar-refractivity contribution in [3.05, 3.63) is 24.4 Å². The maximum absolute atomic E-state index is 5.61. The molecule has 0 amide bonds. The van der Waals surface area contributed by atoms with Crippen molar-refractivity contribution in [1.29, 1.82) is 0 Å². The number of nitrogens with two attached hydrogens (primary N) is 1. The first-order chi connectivity index (χ1) is 8.21. The molecule has 0 atom stereocenters. The minimum absolute atomic E-state index is 0.669. The lowest BCUT2D eigenvalue weighted by Crippen LogP contribution is -1.93. The van der Waals surface area contributed by atoms with Crippen molar-refractivity contribution in [3.63, 3.8) is 0 Å². The number of hydrogen-bond acceptors (Lipinski definition) is 6. The molecule has 0 bridgehead atoms. The number of aromatic nitrogens is 1. The van der Waals surface area contributed by atoms with E-state index in [0.717, 1.165) is 22.3 Å². The number of nitrogens with one attached hydrogen (secondary N) is 1. The first kappa shape index (κ1) is 11.5. The van der Waals surface area contributed by atoms with E-state index in [1.165, 1.54) is 11.3 Å². The van der Waals surface area contributed by atoms with E-state index < -0.39 is 0 Å². The van der Waals surface area contributed by atoms with Gasteiger partial charge in [0.25, 0.3) is 0 Å². The molecule has 0 spiro atoms. The summed E-state index contributed by atoms with van der Waals surface area (Å²) in [6.07, 6.45) is 1.62. The van der Waals surface area contributed by atoms with E-state index in [-0.39, 0.29) is 0 Å². The molecule has 0 aliphatic rings. The van der Waals surface area contributed by atoms with Crippen molar-refractivity contribution in [2.75, 3.05) is 25.3 Å². The summed E-state index contributed by atoms with van der Waals surface area (Å²) in [6, 6.07) is 5.53. The molecule has 1 aromatic heterocycles. The van der Waals surface area contributed by atoms with Gasteiger partial charge in [0.05, 0.1) is 20.4 Å². The zero-order chi connectivity index (χ0) is 12.3. The van der Waals surface area contributed by atoms with Gasteiger partial charge >= 0.3 is 0 Å². The maximum atomic E-state index is 5.61.